The van der Waals surface area contributed by atoms with Gasteiger partial charge in [0.25, 0.3) is 0 Å². The van der Waals surface area contributed by atoms with E-state index in [9.17, 15) is 4.79 Å². The van der Waals surface area contributed by atoms with E-state index in [1.807, 2.05) is 48.7 Å². The molecule has 0 spiro atoms. The number of carbonyl (C=O) groups is 1. The van der Waals surface area contributed by atoms with Crippen molar-refractivity contribution in [1.29, 1.82) is 0 Å². The second-order valence-corrected chi connectivity index (χ2v) is 6.56. The number of pyridine rings is 1. The van der Waals surface area contributed by atoms with Crippen molar-refractivity contribution in [1.82, 2.24) is 15.0 Å². The maximum Gasteiger partial charge on any atom is 0.225 e. The molecule has 1 aliphatic rings. The van der Waals surface area contributed by atoms with Crippen LogP contribution in [0.3, 0.4) is 0 Å². The van der Waals surface area contributed by atoms with Gasteiger partial charge in [0, 0.05) is 61.6 Å². The fraction of sp³-hybridized carbons (Fsp3) is 0.238. The highest BCUT2D eigenvalue weighted by atomic mass is 16.1. The molecule has 0 N–H and O–H groups in total. The number of benzene rings is 1. The molecule has 1 fully saturated rings. The van der Waals surface area contributed by atoms with Crippen LogP contribution in [-0.4, -0.2) is 46.9 Å². The van der Waals surface area contributed by atoms with Crippen molar-refractivity contribution in [3.8, 4) is 11.3 Å². The number of hydrogen-bond donors (Lipinski definition) is 0. The van der Waals surface area contributed by atoms with Gasteiger partial charge in [-0.3, -0.25) is 9.78 Å². The van der Waals surface area contributed by atoms with Crippen LogP contribution in [0.15, 0.2) is 61.1 Å². The van der Waals surface area contributed by atoms with Crippen molar-refractivity contribution in [3.05, 3.63) is 66.6 Å². The molecule has 0 atom stereocenters. The summed E-state index contributed by atoms with van der Waals surface area (Å²) in [5, 5.41) is 0. The fourth-order valence-electron chi connectivity index (χ4n) is 3.25. The van der Waals surface area contributed by atoms with Gasteiger partial charge in [0.05, 0.1) is 5.69 Å². The number of anilines is 2. The molecule has 4 rings (SSSR count). The molecular formula is C21H21N5O. The molecule has 1 aromatic carbocycles. The Morgan fingerprint density at radius 1 is 0.926 bits per heavy atom. The Bertz CT molecular complexity index is 919. The van der Waals surface area contributed by atoms with Crippen molar-refractivity contribution in [2.24, 2.45) is 0 Å². The maximum atomic E-state index is 11.4. The quantitative estimate of drug-likeness (QED) is 0.667. The van der Waals surface area contributed by atoms with Crippen LogP contribution in [0.5, 0.6) is 0 Å². The van der Waals surface area contributed by atoms with Gasteiger partial charge < -0.3 is 9.80 Å². The first-order valence-corrected chi connectivity index (χ1v) is 9.05. The van der Waals surface area contributed by atoms with E-state index in [1.165, 1.54) is 0 Å². The second-order valence-electron chi connectivity index (χ2n) is 6.56. The molecule has 0 bridgehead atoms. The number of carbonyl (C=O) groups excluding carboxylic acids is 1. The van der Waals surface area contributed by atoms with E-state index in [0.29, 0.717) is 0 Å². The van der Waals surface area contributed by atoms with Crippen LogP contribution in [0.1, 0.15) is 17.3 Å². The fourth-order valence-corrected chi connectivity index (χ4v) is 3.25. The lowest BCUT2D eigenvalue weighted by molar-refractivity contribution is 0.101. The molecule has 0 radical (unpaired) electrons. The lowest BCUT2D eigenvalue weighted by Gasteiger charge is -2.36. The zero-order valence-electron chi connectivity index (χ0n) is 15.2. The van der Waals surface area contributed by atoms with E-state index in [1.54, 1.807) is 19.3 Å². The lowest BCUT2D eigenvalue weighted by atomic mass is 10.1. The van der Waals surface area contributed by atoms with Gasteiger partial charge in [0.2, 0.25) is 5.95 Å². The molecular weight excluding hydrogens is 338 g/mol. The molecule has 3 aromatic rings. The Kier molecular flexibility index (Phi) is 4.78. The molecule has 1 saturated heterocycles. The van der Waals surface area contributed by atoms with Crippen LogP contribution >= 0.6 is 0 Å². The summed E-state index contributed by atoms with van der Waals surface area (Å²) in [6.07, 6.45) is 5.38. The van der Waals surface area contributed by atoms with Crippen LogP contribution in [0, 0.1) is 0 Å². The topological polar surface area (TPSA) is 62.2 Å². The summed E-state index contributed by atoms with van der Waals surface area (Å²) < 4.78 is 0. The largest absolute Gasteiger partial charge is 0.368 e. The molecule has 136 valence electrons. The van der Waals surface area contributed by atoms with Crippen molar-refractivity contribution in [2.75, 3.05) is 36.0 Å². The zero-order chi connectivity index (χ0) is 18.6. The van der Waals surface area contributed by atoms with E-state index < -0.39 is 0 Å². The van der Waals surface area contributed by atoms with Gasteiger partial charge in [0.15, 0.2) is 5.78 Å². The Hall–Kier alpha value is -3.28. The van der Waals surface area contributed by atoms with E-state index >= 15 is 0 Å². The molecule has 1 aliphatic heterocycles. The van der Waals surface area contributed by atoms with Gasteiger partial charge in [-0.2, -0.15) is 0 Å². The first kappa shape index (κ1) is 17.1. The van der Waals surface area contributed by atoms with Crippen LogP contribution in [-0.2, 0) is 0 Å². The zero-order valence-corrected chi connectivity index (χ0v) is 15.2. The minimum atomic E-state index is 0.0945. The molecule has 27 heavy (non-hydrogen) atoms. The number of ketones is 1. The van der Waals surface area contributed by atoms with Crippen LogP contribution in [0.2, 0.25) is 0 Å². The first-order valence-electron chi connectivity index (χ1n) is 9.05. The number of nitrogens with zero attached hydrogens (tertiary/aromatic N) is 5. The highest BCUT2D eigenvalue weighted by molar-refractivity contribution is 5.94. The number of piperazine rings is 1. The van der Waals surface area contributed by atoms with Crippen molar-refractivity contribution >= 4 is 17.4 Å². The van der Waals surface area contributed by atoms with E-state index in [-0.39, 0.29) is 5.78 Å². The molecule has 2 aromatic heterocycles. The third-order valence-corrected chi connectivity index (χ3v) is 4.80. The van der Waals surface area contributed by atoms with Crippen LogP contribution in [0.25, 0.3) is 11.3 Å². The van der Waals surface area contributed by atoms with E-state index in [4.69, 9.17) is 4.98 Å². The molecule has 0 saturated carbocycles. The van der Waals surface area contributed by atoms with Crippen LogP contribution in [0.4, 0.5) is 11.6 Å². The van der Waals surface area contributed by atoms with Gasteiger partial charge >= 0.3 is 0 Å². The average molecular weight is 359 g/mol. The van der Waals surface area contributed by atoms with E-state index in [2.05, 4.69) is 19.8 Å². The lowest BCUT2D eigenvalue weighted by Crippen LogP contribution is -2.47. The molecule has 0 aliphatic carbocycles. The normalized spacial score (nSPS) is 14.3. The van der Waals surface area contributed by atoms with Gasteiger partial charge in [0.1, 0.15) is 0 Å². The van der Waals surface area contributed by atoms with Gasteiger partial charge in [-0.05, 0) is 49.4 Å². The Balaban J connectivity index is 1.44. The van der Waals surface area contributed by atoms with Gasteiger partial charge in [-0.15, -0.1) is 0 Å². The van der Waals surface area contributed by atoms with Crippen molar-refractivity contribution in [3.63, 3.8) is 0 Å². The highest BCUT2D eigenvalue weighted by Gasteiger charge is 2.19. The smallest absolute Gasteiger partial charge is 0.225 e. The van der Waals surface area contributed by atoms with Crippen molar-refractivity contribution in [2.45, 2.75) is 6.92 Å². The van der Waals surface area contributed by atoms with Crippen molar-refractivity contribution < 1.29 is 4.79 Å². The number of Topliss-reactive ketones (excluding diaryl/α,β-unsaturated/α-hetero) is 1. The molecule has 3 heterocycles. The Labute approximate surface area is 158 Å². The third-order valence-electron chi connectivity index (χ3n) is 4.80. The summed E-state index contributed by atoms with van der Waals surface area (Å²) in [4.78, 5) is 29.3. The standard InChI is InChI=1S/C21H21N5O/c1-16(27)17-4-6-19(7-5-17)25-11-13-26(14-12-25)21-23-10-8-20(24-21)18-3-2-9-22-15-18/h2-10,15H,11-14H2,1H3. The SMILES string of the molecule is CC(=O)c1ccc(N2CCN(c3nccc(-c4cccnc4)n3)CC2)cc1. The van der Waals surface area contributed by atoms with Gasteiger partial charge in [-0.1, -0.05) is 0 Å². The minimum absolute atomic E-state index is 0.0945. The minimum Gasteiger partial charge on any atom is -0.368 e. The summed E-state index contributed by atoms with van der Waals surface area (Å²) in [5.74, 6) is 0.847. The highest BCUT2D eigenvalue weighted by Crippen LogP contribution is 2.21. The summed E-state index contributed by atoms with van der Waals surface area (Å²) in [6, 6.07) is 13.6. The summed E-state index contributed by atoms with van der Waals surface area (Å²) in [5.41, 5.74) is 3.77. The summed E-state index contributed by atoms with van der Waals surface area (Å²) in [6.45, 7) is 5.07. The second kappa shape index (κ2) is 7.53. The predicted molar refractivity (Wildman–Crippen MR) is 106 cm³/mol. The number of rotatable bonds is 4. The Morgan fingerprint density at radius 3 is 2.33 bits per heavy atom. The van der Waals surface area contributed by atoms with Gasteiger partial charge in [-0.25, -0.2) is 9.97 Å². The summed E-state index contributed by atoms with van der Waals surface area (Å²) >= 11 is 0. The Morgan fingerprint density at radius 2 is 1.67 bits per heavy atom. The summed E-state index contributed by atoms with van der Waals surface area (Å²) in [7, 11) is 0. The third kappa shape index (κ3) is 3.79. The monoisotopic (exact) mass is 359 g/mol. The number of aromatic nitrogens is 3. The van der Waals surface area contributed by atoms with E-state index in [0.717, 1.165) is 54.6 Å². The first-order chi connectivity index (χ1) is 13.2. The molecule has 0 amide bonds. The average Bonchev–Trinajstić information content (AvgIpc) is 2.75. The molecule has 6 heteroatoms. The number of hydrogen-bond acceptors (Lipinski definition) is 6. The van der Waals surface area contributed by atoms with Crippen LogP contribution < -0.4 is 9.80 Å². The maximum absolute atomic E-state index is 11.4. The molecule has 6 nitrogen and oxygen atoms in total. The predicted octanol–water partition coefficient (Wildman–Crippen LogP) is 3.07. The molecule has 0 unspecified atom stereocenters.